The Bertz CT molecular complexity index is 221. The van der Waals surface area contributed by atoms with Gasteiger partial charge >= 0.3 is 0 Å². The van der Waals surface area contributed by atoms with Crippen LogP contribution in [0.3, 0.4) is 0 Å². The molecular formula is C15H32N2O. The van der Waals surface area contributed by atoms with Crippen molar-refractivity contribution in [2.24, 2.45) is 11.8 Å². The summed E-state index contributed by atoms with van der Waals surface area (Å²) in [6.07, 6.45) is 2.52. The fourth-order valence-corrected chi connectivity index (χ4v) is 3.02. The van der Waals surface area contributed by atoms with E-state index in [1.165, 1.54) is 25.9 Å². The van der Waals surface area contributed by atoms with Gasteiger partial charge in [0.15, 0.2) is 0 Å². The highest BCUT2D eigenvalue weighted by Crippen LogP contribution is 2.16. The summed E-state index contributed by atoms with van der Waals surface area (Å²) in [7, 11) is 1.80. The maximum absolute atomic E-state index is 5.26. The molecule has 0 aromatic heterocycles. The zero-order valence-corrected chi connectivity index (χ0v) is 12.9. The first-order valence-electron chi connectivity index (χ1n) is 7.53. The van der Waals surface area contributed by atoms with Crippen LogP contribution >= 0.6 is 0 Å². The first kappa shape index (κ1) is 15.9. The predicted octanol–water partition coefficient (Wildman–Crippen LogP) is 2.37. The molecule has 0 aromatic rings. The Balaban J connectivity index is 2.48. The molecule has 0 radical (unpaired) electrons. The summed E-state index contributed by atoms with van der Waals surface area (Å²) in [5.41, 5.74) is 0. The summed E-state index contributed by atoms with van der Waals surface area (Å²) in [6.45, 7) is 13.6. The number of rotatable bonds is 7. The quantitative estimate of drug-likeness (QED) is 0.757. The molecule has 3 heteroatoms. The molecule has 0 spiro atoms. The maximum atomic E-state index is 5.26. The van der Waals surface area contributed by atoms with Gasteiger partial charge in [-0.2, -0.15) is 0 Å². The van der Waals surface area contributed by atoms with Crippen molar-refractivity contribution in [3.05, 3.63) is 0 Å². The van der Waals surface area contributed by atoms with Crippen LogP contribution in [0.15, 0.2) is 0 Å². The third-order valence-electron chi connectivity index (χ3n) is 3.84. The average Bonchev–Trinajstić information content (AvgIpc) is 2.28. The lowest BCUT2D eigenvalue weighted by Crippen LogP contribution is -2.57. The van der Waals surface area contributed by atoms with Crippen LogP contribution in [-0.4, -0.2) is 50.3 Å². The van der Waals surface area contributed by atoms with Crippen LogP contribution in [0.4, 0.5) is 0 Å². The highest BCUT2D eigenvalue weighted by molar-refractivity contribution is 4.86. The van der Waals surface area contributed by atoms with Crippen LogP contribution in [-0.2, 0) is 4.74 Å². The molecule has 108 valence electrons. The standard InChI is InChI=1S/C15H32N2O/c1-6-15-8-16-14(7-12(2)3)10-17(15)9-13(4)11-18-5/h12-16H,6-11H2,1-5H3. The zero-order chi connectivity index (χ0) is 13.5. The van der Waals surface area contributed by atoms with Gasteiger partial charge in [0.05, 0.1) is 0 Å². The van der Waals surface area contributed by atoms with Crippen molar-refractivity contribution in [3.63, 3.8) is 0 Å². The molecule has 18 heavy (non-hydrogen) atoms. The second-order valence-corrected chi connectivity index (χ2v) is 6.31. The van der Waals surface area contributed by atoms with Gasteiger partial charge in [0.2, 0.25) is 0 Å². The number of hydrogen-bond acceptors (Lipinski definition) is 3. The molecule has 0 bridgehead atoms. The minimum absolute atomic E-state index is 0.627. The third kappa shape index (κ3) is 5.25. The predicted molar refractivity (Wildman–Crippen MR) is 77.9 cm³/mol. The van der Waals surface area contributed by atoms with E-state index in [2.05, 4.69) is 37.9 Å². The van der Waals surface area contributed by atoms with E-state index >= 15 is 0 Å². The van der Waals surface area contributed by atoms with Gasteiger partial charge in [-0.3, -0.25) is 4.90 Å². The fourth-order valence-electron chi connectivity index (χ4n) is 3.02. The van der Waals surface area contributed by atoms with E-state index in [9.17, 15) is 0 Å². The van der Waals surface area contributed by atoms with Gasteiger partial charge in [0.1, 0.15) is 0 Å². The lowest BCUT2D eigenvalue weighted by molar-refractivity contribution is 0.0755. The molecule has 0 aromatic carbocycles. The summed E-state index contributed by atoms with van der Waals surface area (Å²) < 4.78 is 5.26. The van der Waals surface area contributed by atoms with Crippen molar-refractivity contribution >= 4 is 0 Å². The molecule has 1 N–H and O–H groups in total. The van der Waals surface area contributed by atoms with Crippen LogP contribution in [0.1, 0.15) is 40.5 Å². The molecule has 3 nitrogen and oxygen atoms in total. The normalized spacial score (nSPS) is 27.7. The maximum Gasteiger partial charge on any atom is 0.0500 e. The van der Waals surface area contributed by atoms with Crippen molar-refractivity contribution in [2.75, 3.05) is 33.4 Å². The molecule has 3 atom stereocenters. The Hall–Kier alpha value is -0.120. The summed E-state index contributed by atoms with van der Waals surface area (Å²) in [4.78, 5) is 2.67. The number of nitrogens with one attached hydrogen (secondary N) is 1. The molecule has 0 amide bonds. The van der Waals surface area contributed by atoms with E-state index in [1.54, 1.807) is 7.11 Å². The molecule has 1 heterocycles. The second kappa shape index (κ2) is 8.13. The Kier molecular flexibility index (Phi) is 7.20. The fraction of sp³-hybridized carbons (Fsp3) is 1.00. The molecule has 0 saturated carbocycles. The van der Waals surface area contributed by atoms with Gasteiger partial charge in [-0.15, -0.1) is 0 Å². The van der Waals surface area contributed by atoms with Gasteiger partial charge < -0.3 is 10.1 Å². The van der Waals surface area contributed by atoms with Crippen LogP contribution in [0, 0.1) is 11.8 Å². The molecule has 1 fully saturated rings. The summed E-state index contributed by atoms with van der Waals surface area (Å²) in [5, 5.41) is 3.71. The van der Waals surface area contributed by atoms with E-state index in [0.29, 0.717) is 18.0 Å². The minimum Gasteiger partial charge on any atom is -0.384 e. The average molecular weight is 256 g/mol. The topological polar surface area (TPSA) is 24.5 Å². The molecule has 0 aliphatic carbocycles. The summed E-state index contributed by atoms with van der Waals surface area (Å²) >= 11 is 0. The lowest BCUT2D eigenvalue weighted by Gasteiger charge is -2.41. The van der Waals surface area contributed by atoms with Crippen LogP contribution in [0.25, 0.3) is 0 Å². The zero-order valence-electron chi connectivity index (χ0n) is 12.9. The molecular weight excluding hydrogens is 224 g/mol. The minimum atomic E-state index is 0.627. The number of methoxy groups -OCH3 is 1. The van der Waals surface area contributed by atoms with Gasteiger partial charge in [-0.25, -0.2) is 0 Å². The van der Waals surface area contributed by atoms with E-state index in [0.717, 1.165) is 19.1 Å². The van der Waals surface area contributed by atoms with Gasteiger partial charge in [-0.05, 0) is 24.7 Å². The molecule has 3 unspecified atom stereocenters. The number of hydrogen-bond donors (Lipinski definition) is 1. The first-order chi connectivity index (χ1) is 8.56. The molecule has 1 aliphatic heterocycles. The largest absolute Gasteiger partial charge is 0.384 e. The second-order valence-electron chi connectivity index (χ2n) is 6.31. The van der Waals surface area contributed by atoms with Crippen molar-refractivity contribution in [2.45, 2.75) is 52.6 Å². The Morgan fingerprint density at radius 1 is 1.33 bits per heavy atom. The van der Waals surface area contributed by atoms with Crippen molar-refractivity contribution < 1.29 is 4.74 Å². The number of piperazine rings is 1. The summed E-state index contributed by atoms with van der Waals surface area (Å²) in [6, 6.07) is 1.37. The van der Waals surface area contributed by atoms with Crippen LogP contribution < -0.4 is 5.32 Å². The number of nitrogens with zero attached hydrogens (tertiary/aromatic N) is 1. The van der Waals surface area contributed by atoms with E-state index in [4.69, 9.17) is 4.74 Å². The first-order valence-corrected chi connectivity index (χ1v) is 7.53. The Labute approximate surface area is 113 Å². The highest BCUT2D eigenvalue weighted by Gasteiger charge is 2.27. The van der Waals surface area contributed by atoms with Crippen molar-refractivity contribution in [1.82, 2.24) is 10.2 Å². The van der Waals surface area contributed by atoms with E-state index < -0.39 is 0 Å². The van der Waals surface area contributed by atoms with Gasteiger partial charge in [-0.1, -0.05) is 27.7 Å². The van der Waals surface area contributed by atoms with E-state index in [1.807, 2.05) is 0 Å². The molecule has 1 saturated heterocycles. The van der Waals surface area contributed by atoms with E-state index in [-0.39, 0.29) is 0 Å². The third-order valence-corrected chi connectivity index (χ3v) is 3.84. The van der Waals surface area contributed by atoms with Crippen LogP contribution in [0.5, 0.6) is 0 Å². The van der Waals surface area contributed by atoms with Crippen LogP contribution in [0.2, 0.25) is 0 Å². The smallest absolute Gasteiger partial charge is 0.0500 e. The van der Waals surface area contributed by atoms with Gasteiger partial charge in [0.25, 0.3) is 0 Å². The lowest BCUT2D eigenvalue weighted by atomic mass is 9.98. The molecule has 1 aliphatic rings. The SMILES string of the molecule is CCC1CNC(CC(C)C)CN1CC(C)COC. The monoisotopic (exact) mass is 256 g/mol. The highest BCUT2D eigenvalue weighted by atomic mass is 16.5. The van der Waals surface area contributed by atoms with Crippen molar-refractivity contribution in [3.8, 4) is 0 Å². The number of ether oxygens (including phenoxy) is 1. The van der Waals surface area contributed by atoms with Crippen molar-refractivity contribution in [1.29, 1.82) is 0 Å². The Morgan fingerprint density at radius 2 is 2.06 bits per heavy atom. The Morgan fingerprint density at radius 3 is 2.61 bits per heavy atom. The van der Waals surface area contributed by atoms with Gasteiger partial charge in [0, 0.05) is 45.4 Å². The summed E-state index contributed by atoms with van der Waals surface area (Å²) in [5.74, 6) is 1.40. The molecule has 1 rings (SSSR count).